The zero-order valence-electron chi connectivity index (χ0n) is 17.2. The summed E-state index contributed by atoms with van der Waals surface area (Å²) in [7, 11) is -3.32. The number of carbonyl (C=O) groups excluding carboxylic acids is 1. The number of likely N-dealkylation sites (tertiary alicyclic amines) is 1. The second-order valence-corrected chi connectivity index (χ2v) is 10.2. The molecule has 2 N–H and O–H groups in total. The average Bonchev–Trinajstić information content (AvgIpc) is 3.39. The van der Waals surface area contributed by atoms with Crippen molar-refractivity contribution in [3.05, 3.63) is 47.6 Å². The number of aromatic nitrogens is 2. The molecular weight excluding hydrogens is 406 g/mol. The van der Waals surface area contributed by atoms with Gasteiger partial charge in [0, 0.05) is 25.7 Å². The maximum Gasteiger partial charge on any atom is 0.317 e. The van der Waals surface area contributed by atoms with Crippen molar-refractivity contribution in [1.29, 1.82) is 0 Å². The number of aryl methyl sites for hydroxylation is 1. The summed E-state index contributed by atoms with van der Waals surface area (Å²) in [5.41, 5.74) is 0.494. The molecule has 1 aliphatic heterocycles. The minimum absolute atomic E-state index is 0.0366. The van der Waals surface area contributed by atoms with Crippen LogP contribution in [-0.2, 0) is 22.0 Å². The fourth-order valence-electron chi connectivity index (χ4n) is 4.67. The van der Waals surface area contributed by atoms with Crippen molar-refractivity contribution >= 4 is 16.1 Å². The second-order valence-electron chi connectivity index (χ2n) is 8.18. The average molecular weight is 434 g/mol. The first-order chi connectivity index (χ1) is 14.3. The SMILES string of the molecule is CCS(=O)(=O)N[C@@H]1C[C@H]2CN(C(=O)NCc3ccccc3)C[C@@]2(c2nc(C)no2)C1. The summed E-state index contributed by atoms with van der Waals surface area (Å²) < 4.78 is 32.5. The lowest BCUT2D eigenvalue weighted by atomic mass is 9.80. The van der Waals surface area contributed by atoms with E-state index in [0.29, 0.717) is 44.2 Å². The molecule has 2 fully saturated rings. The van der Waals surface area contributed by atoms with Gasteiger partial charge in [0.15, 0.2) is 5.82 Å². The van der Waals surface area contributed by atoms with Gasteiger partial charge in [-0.1, -0.05) is 35.5 Å². The van der Waals surface area contributed by atoms with Gasteiger partial charge < -0.3 is 14.7 Å². The van der Waals surface area contributed by atoms with E-state index in [-0.39, 0.29) is 23.7 Å². The molecule has 9 nitrogen and oxygen atoms in total. The Labute approximate surface area is 176 Å². The van der Waals surface area contributed by atoms with E-state index in [1.165, 1.54) is 0 Å². The maximum absolute atomic E-state index is 12.8. The van der Waals surface area contributed by atoms with Gasteiger partial charge in [0.1, 0.15) is 0 Å². The highest BCUT2D eigenvalue weighted by Crippen LogP contribution is 2.50. The van der Waals surface area contributed by atoms with Crippen LogP contribution in [0.5, 0.6) is 0 Å². The lowest BCUT2D eigenvalue weighted by molar-refractivity contribution is 0.199. The maximum atomic E-state index is 12.8. The molecular formula is C20H27N5O4S. The summed E-state index contributed by atoms with van der Waals surface area (Å²) in [6.45, 7) is 4.77. The molecule has 2 aromatic rings. The number of amides is 2. The zero-order valence-corrected chi connectivity index (χ0v) is 18.0. The van der Waals surface area contributed by atoms with Gasteiger partial charge in [-0.15, -0.1) is 0 Å². The predicted octanol–water partition coefficient (Wildman–Crippen LogP) is 1.56. The minimum atomic E-state index is -3.32. The molecule has 30 heavy (non-hydrogen) atoms. The first-order valence-electron chi connectivity index (χ1n) is 10.2. The third kappa shape index (κ3) is 4.06. The third-order valence-corrected chi connectivity index (χ3v) is 7.58. The molecule has 1 saturated carbocycles. The van der Waals surface area contributed by atoms with Crippen LogP contribution in [0.15, 0.2) is 34.9 Å². The van der Waals surface area contributed by atoms with Gasteiger partial charge >= 0.3 is 6.03 Å². The Morgan fingerprint density at radius 2 is 2.10 bits per heavy atom. The molecule has 2 heterocycles. The zero-order chi connectivity index (χ0) is 21.4. The molecule has 3 atom stereocenters. The van der Waals surface area contributed by atoms with Gasteiger partial charge in [-0.2, -0.15) is 4.98 Å². The first-order valence-corrected chi connectivity index (χ1v) is 11.8. The topological polar surface area (TPSA) is 117 Å². The van der Waals surface area contributed by atoms with Crippen molar-refractivity contribution in [3.63, 3.8) is 0 Å². The van der Waals surface area contributed by atoms with E-state index in [1.807, 2.05) is 30.3 Å². The van der Waals surface area contributed by atoms with E-state index in [2.05, 4.69) is 20.2 Å². The lowest BCUT2D eigenvalue weighted by Gasteiger charge is -2.25. The minimum Gasteiger partial charge on any atom is -0.339 e. The molecule has 2 aliphatic rings. The van der Waals surface area contributed by atoms with Crippen molar-refractivity contribution in [2.45, 2.75) is 44.7 Å². The van der Waals surface area contributed by atoms with Gasteiger partial charge in [-0.3, -0.25) is 0 Å². The summed E-state index contributed by atoms with van der Waals surface area (Å²) >= 11 is 0. The molecule has 0 bridgehead atoms. The quantitative estimate of drug-likeness (QED) is 0.714. The number of nitrogens with zero attached hydrogens (tertiary/aromatic N) is 3. The largest absolute Gasteiger partial charge is 0.339 e. The van der Waals surface area contributed by atoms with Crippen LogP contribution in [0.2, 0.25) is 0 Å². The van der Waals surface area contributed by atoms with Crippen molar-refractivity contribution in [3.8, 4) is 0 Å². The lowest BCUT2D eigenvalue weighted by Crippen LogP contribution is -2.42. The number of hydrogen-bond donors (Lipinski definition) is 2. The number of carbonyl (C=O) groups is 1. The van der Waals surface area contributed by atoms with Crippen LogP contribution < -0.4 is 10.0 Å². The molecule has 1 aromatic heterocycles. The number of nitrogens with one attached hydrogen (secondary N) is 2. The van der Waals surface area contributed by atoms with Crippen LogP contribution in [-0.4, -0.2) is 54.4 Å². The predicted molar refractivity (Wildman–Crippen MR) is 110 cm³/mol. The Hall–Kier alpha value is -2.46. The van der Waals surface area contributed by atoms with Crippen molar-refractivity contribution in [2.75, 3.05) is 18.8 Å². The first kappa shape index (κ1) is 20.8. The van der Waals surface area contributed by atoms with Crippen molar-refractivity contribution in [1.82, 2.24) is 25.1 Å². The number of hydrogen-bond acceptors (Lipinski definition) is 6. The van der Waals surface area contributed by atoms with Crippen LogP contribution in [0.25, 0.3) is 0 Å². The van der Waals surface area contributed by atoms with E-state index >= 15 is 0 Å². The monoisotopic (exact) mass is 433 g/mol. The molecule has 162 valence electrons. The van der Waals surface area contributed by atoms with E-state index < -0.39 is 15.4 Å². The smallest absolute Gasteiger partial charge is 0.317 e. The number of sulfonamides is 1. The van der Waals surface area contributed by atoms with Crippen molar-refractivity contribution in [2.24, 2.45) is 5.92 Å². The number of urea groups is 1. The van der Waals surface area contributed by atoms with E-state index in [4.69, 9.17) is 4.52 Å². The molecule has 0 spiro atoms. The van der Waals surface area contributed by atoms with E-state index in [0.717, 1.165) is 5.56 Å². The number of benzene rings is 1. The van der Waals surface area contributed by atoms with E-state index in [9.17, 15) is 13.2 Å². The number of fused-ring (bicyclic) bond motifs is 1. The third-order valence-electron chi connectivity index (χ3n) is 6.13. The summed E-state index contributed by atoms with van der Waals surface area (Å²) in [5, 5.41) is 6.91. The van der Waals surface area contributed by atoms with Crippen LogP contribution >= 0.6 is 0 Å². The Balaban J connectivity index is 1.50. The van der Waals surface area contributed by atoms with Crippen LogP contribution in [0.3, 0.4) is 0 Å². The Morgan fingerprint density at radius 3 is 2.77 bits per heavy atom. The van der Waals surface area contributed by atoms with Crippen LogP contribution in [0.1, 0.15) is 37.0 Å². The van der Waals surface area contributed by atoms with E-state index in [1.54, 1.807) is 18.7 Å². The standard InChI is InChI=1S/C20H27N5O4S/c1-3-30(27,28)24-17-9-16-12-25(19(26)21-11-15-7-5-4-6-8-15)13-20(16,10-17)18-22-14(2)23-29-18/h4-8,16-17,24H,3,9-13H2,1-2H3,(H,21,26)/t16-,17+,20-/m0/s1. The molecule has 0 radical (unpaired) electrons. The second kappa shape index (κ2) is 7.99. The van der Waals surface area contributed by atoms with Gasteiger partial charge in [0.05, 0.1) is 11.2 Å². The highest BCUT2D eigenvalue weighted by molar-refractivity contribution is 7.89. The Bertz CT molecular complexity index is 1010. The van der Waals surface area contributed by atoms with Gasteiger partial charge in [0.25, 0.3) is 0 Å². The summed E-state index contributed by atoms with van der Waals surface area (Å²) in [6.07, 6.45) is 1.16. The van der Waals surface area contributed by atoms with Crippen LogP contribution in [0, 0.1) is 12.8 Å². The molecule has 10 heteroatoms. The summed E-state index contributed by atoms with van der Waals surface area (Å²) in [5.74, 6) is 1.10. The Kier molecular flexibility index (Phi) is 5.54. The molecule has 0 unspecified atom stereocenters. The fourth-order valence-corrected chi connectivity index (χ4v) is 5.52. The fraction of sp³-hybridized carbons (Fsp3) is 0.550. The Morgan fingerprint density at radius 1 is 1.33 bits per heavy atom. The molecule has 1 aliphatic carbocycles. The van der Waals surface area contributed by atoms with Crippen LogP contribution in [0.4, 0.5) is 4.79 Å². The highest BCUT2D eigenvalue weighted by Gasteiger charge is 2.58. The summed E-state index contributed by atoms with van der Waals surface area (Å²) in [6, 6.07) is 9.39. The van der Waals surface area contributed by atoms with Crippen molar-refractivity contribution < 1.29 is 17.7 Å². The molecule has 2 amide bonds. The summed E-state index contributed by atoms with van der Waals surface area (Å²) in [4.78, 5) is 19.0. The number of rotatable bonds is 6. The van der Waals surface area contributed by atoms with Gasteiger partial charge in [-0.25, -0.2) is 17.9 Å². The molecule has 1 aromatic carbocycles. The normalized spacial score (nSPS) is 26.0. The molecule has 1 saturated heterocycles. The highest BCUT2D eigenvalue weighted by atomic mass is 32.2. The van der Waals surface area contributed by atoms with Gasteiger partial charge in [0.2, 0.25) is 15.9 Å². The molecule has 4 rings (SSSR count). The van der Waals surface area contributed by atoms with Gasteiger partial charge in [-0.05, 0) is 38.2 Å².